The van der Waals surface area contributed by atoms with Gasteiger partial charge in [0, 0.05) is 13.6 Å². The van der Waals surface area contributed by atoms with Crippen LogP contribution in [-0.4, -0.2) is 29.7 Å². The Morgan fingerprint density at radius 1 is 2.00 bits per heavy atom. The molecule has 1 N–H and O–H groups in total. The maximum atomic E-state index is 9.82. The topological polar surface area (TPSA) is 40.5 Å². The van der Waals surface area contributed by atoms with Gasteiger partial charge in [0.25, 0.3) is 0 Å². The quantitative estimate of drug-likeness (QED) is 0.521. The maximum Gasteiger partial charge on any atom is 0.407 e. The van der Waals surface area contributed by atoms with Crippen molar-refractivity contribution in [2.45, 2.75) is 0 Å². The number of hydrogen-bond donors (Lipinski definition) is 1. The predicted octanol–water partition coefficient (Wildman–Crippen LogP) is 0.430. The van der Waals surface area contributed by atoms with Gasteiger partial charge in [0.15, 0.2) is 0 Å². The second-order valence-corrected chi connectivity index (χ2v) is 1.20. The van der Waals surface area contributed by atoms with Crippen LogP contribution in [0.4, 0.5) is 4.79 Å². The molecule has 0 atom stereocenters. The van der Waals surface area contributed by atoms with Crippen LogP contribution in [0.3, 0.4) is 0 Å². The van der Waals surface area contributed by atoms with E-state index in [9.17, 15) is 4.79 Å². The first kappa shape index (κ1) is 6.27. The molecular formula is C4H8NO2. The summed E-state index contributed by atoms with van der Waals surface area (Å²) in [5.74, 6) is 0. The molecule has 3 nitrogen and oxygen atoms in total. The Morgan fingerprint density at radius 3 is 2.43 bits per heavy atom. The largest absolute Gasteiger partial charge is 0.465 e. The van der Waals surface area contributed by atoms with Crippen molar-refractivity contribution in [2.24, 2.45) is 0 Å². The van der Waals surface area contributed by atoms with Gasteiger partial charge in [-0.2, -0.15) is 0 Å². The van der Waals surface area contributed by atoms with Gasteiger partial charge in [-0.3, -0.25) is 0 Å². The van der Waals surface area contributed by atoms with Crippen LogP contribution in [0.2, 0.25) is 0 Å². The zero-order chi connectivity index (χ0) is 5.86. The smallest absolute Gasteiger partial charge is 0.407 e. The summed E-state index contributed by atoms with van der Waals surface area (Å²) in [4.78, 5) is 10.9. The molecule has 0 aliphatic rings. The van der Waals surface area contributed by atoms with E-state index in [1.165, 1.54) is 7.05 Å². The number of hydrogen-bond acceptors (Lipinski definition) is 1. The molecule has 0 aliphatic heterocycles. The van der Waals surface area contributed by atoms with Gasteiger partial charge in [-0.15, -0.1) is 0 Å². The van der Waals surface area contributed by atoms with Gasteiger partial charge in [0.05, 0.1) is 0 Å². The lowest BCUT2D eigenvalue weighted by atomic mass is 10.7. The zero-order valence-electron chi connectivity index (χ0n) is 4.22. The van der Waals surface area contributed by atoms with E-state index in [0.717, 1.165) is 4.90 Å². The standard InChI is InChI=1S/C4H8NO2/c1-3-5(2)4(6)7/h1,3H2,2H3,(H,6,7). The van der Waals surface area contributed by atoms with Gasteiger partial charge in [-0.05, 0) is 6.92 Å². The minimum Gasteiger partial charge on any atom is -0.465 e. The van der Waals surface area contributed by atoms with Crippen molar-refractivity contribution in [3.8, 4) is 0 Å². The molecule has 0 rings (SSSR count). The molecule has 7 heavy (non-hydrogen) atoms. The average molecular weight is 102 g/mol. The van der Waals surface area contributed by atoms with Crippen molar-refractivity contribution >= 4 is 6.09 Å². The highest BCUT2D eigenvalue weighted by molar-refractivity contribution is 5.64. The lowest BCUT2D eigenvalue weighted by molar-refractivity contribution is 0.160. The van der Waals surface area contributed by atoms with E-state index in [1.54, 1.807) is 0 Å². The second-order valence-electron chi connectivity index (χ2n) is 1.20. The molecule has 0 heterocycles. The fourth-order valence-electron chi connectivity index (χ4n) is 0.0956. The molecule has 0 aromatic carbocycles. The molecule has 0 fully saturated rings. The molecule has 0 aromatic heterocycles. The first-order valence-electron chi connectivity index (χ1n) is 1.91. The van der Waals surface area contributed by atoms with Crippen LogP contribution in [0.1, 0.15) is 0 Å². The Labute approximate surface area is 42.5 Å². The third-order valence-corrected chi connectivity index (χ3v) is 0.662. The molecule has 0 unspecified atom stereocenters. The van der Waals surface area contributed by atoms with E-state index in [1.807, 2.05) is 0 Å². The van der Waals surface area contributed by atoms with Gasteiger partial charge in [-0.25, -0.2) is 4.79 Å². The Balaban J connectivity index is 3.34. The molecule has 41 valence electrons. The molecule has 3 heteroatoms. The first-order valence-corrected chi connectivity index (χ1v) is 1.91. The molecule has 0 aromatic rings. The first-order chi connectivity index (χ1) is 3.18. The van der Waals surface area contributed by atoms with Crippen molar-refractivity contribution in [3.63, 3.8) is 0 Å². The normalized spacial score (nSPS) is 8.29. The summed E-state index contributed by atoms with van der Waals surface area (Å²) < 4.78 is 0. The molecular weight excluding hydrogens is 94.0 g/mol. The number of carboxylic acid groups (broad SMARTS) is 1. The van der Waals surface area contributed by atoms with E-state index in [-0.39, 0.29) is 0 Å². The number of nitrogens with zero attached hydrogens (tertiary/aromatic N) is 1. The second kappa shape index (κ2) is 2.44. The van der Waals surface area contributed by atoms with E-state index in [4.69, 9.17) is 5.11 Å². The highest BCUT2D eigenvalue weighted by Crippen LogP contribution is 1.77. The summed E-state index contributed by atoms with van der Waals surface area (Å²) in [6.07, 6.45) is -0.935. The van der Waals surface area contributed by atoms with Crippen molar-refractivity contribution in [3.05, 3.63) is 6.92 Å². The molecule has 0 spiro atoms. The van der Waals surface area contributed by atoms with Crippen LogP contribution in [0.15, 0.2) is 0 Å². The van der Waals surface area contributed by atoms with Crippen molar-refractivity contribution < 1.29 is 9.90 Å². The highest BCUT2D eigenvalue weighted by Gasteiger charge is 1.97. The molecule has 1 radical (unpaired) electrons. The minimum atomic E-state index is -0.935. The van der Waals surface area contributed by atoms with Crippen LogP contribution in [-0.2, 0) is 0 Å². The van der Waals surface area contributed by atoms with Gasteiger partial charge < -0.3 is 10.0 Å². The predicted molar refractivity (Wildman–Crippen MR) is 26.0 cm³/mol. The number of rotatable bonds is 1. The Kier molecular flexibility index (Phi) is 2.19. The maximum absolute atomic E-state index is 9.82. The van der Waals surface area contributed by atoms with Crippen LogP contribution >= 0.6 is 0 Å². The minimum absolute atomic E-state index is 0.301. The number of amides is 1. The molecule has 1 amide bonds. The van der Waals surface area contributed by atoms with E-state index >= 15 is 0 Å². The molecule has 0 saturated carbocycles. The van der Waals surface area contributed by atoms with Crippen LogP contribution < -0.4 is 0 Å². The van der Waals surface area contributed by atoms with E-state index in [0.29, 0.717) is 6.54 Å². The molecule has 0 saturated heterocycles. The third kappa shape index (κ3) is 2.03. The fraction of sp³-hybridized carbons (Fsp3) is 0.500. The van der Waals surface area contributed by atoms with Crippen molar-refractivity contribution in [1.29, 1.82) is 0 Å². The lowest BCUT2D eigenvalue weighted by Gasteiger charge is -2.06. The van der Waals surface area contributed by atoms with Gasteiger partial charge in [-0.1, -0.05) is 0 Å². The molecule has 0 aliphatic carbocycles. The zero-order valence-corrected chi connectivity index (χ0v) is 4.22. The van der Waals surface area contributed by atoms with Gasteiger partial charge >= 0.3 is 6.09 Å². The third-order valence-electron chi connectivity index (χ3n) is 0.662. The fourth-order valence-corrected chi connectivity index (χ4v) is 0.0956. The summed E-state index contributed by atoms with van der Waals surface area (Å²) >= 11 is 0. The summed E-state index contributed by atoms with van der Waals surface area (Å²) in [7, 11) is 1.47. The Morgan fingerprint density at radius 2 is 2.43 bits per heavy atom. The van der Waals surface area contributed by atoms with Crippen LogP contribution in [0.5, 0.6) is 0 Å². The number of carbonyl (C=O) groups is 1. The summed E-state index contributed by atoms with van der Waals surface area (Å²) in [5.41, 5.74) is 0. The van der Waals surface area contributed by atoms with Crippen LogP contribution in [0.25, 0.3) is 0 Å². The van der Waals surface area contributed by atoms with Crippen LogP contribution in [0, 0.1) is 6.92 Å². The van der Waals surface area contributed by atoms with Gasteiger partial charge in [0.2, 0.25) is 0 Å². The van der Waals surface area contributed by atoms with Gasteiger partial charge in [0.1, 0.15) is 0 Å². The summed E-state index contributed by atoms with van der Waals surface area (Å²) in [5, 5.41) is 8.07. The monoisotopic (exact) mass is 102 g/mol. The lowest BCUT2D eigenvalue weighted by Crippen LogP contribution is -2.23. The molecule has 0 bridgehead atoms. The van der Waals surface area contributed by atoms with Crippen molar-refractivity contribution in [1.82, 2.24) is 4.90 Å². The average Bonchev–Trinajstić information content (AvgIpc) is 1.65. The summed E-state index contributed by atoms with van der Waals surface area (Å²) in [6, 6.07) is 0. The van der Waals surface area contributed by atoms with Crippen molar-refractivity contribution in [2.75, 3.05) is 13.6 Å². The SMILES string of the molecule is [CH2]CN(C)C(=O)O. The van der Waals surface area contributed by atoms with E-state index < -0.39 is 6.09 Å². The Bertz CT molecular complexity index is 72.1. The highest BCUT2D eigenvalue weighted by atomic mass is 16.4. The Hall–Kier alpha value is -0.730. The van der Waals surface area contributed by atoms with E-state index in [2.05, 4.69) is 6.92 Å². The summed E-state index contributed by atoms with van der Waals surface area (Å²) in [6.45, 7) is 3.65.